The summed E-state index contributed by atoms with van der Waals surface area (Å²) < 4.78 is 6.10. The molecule has 0 radical (unpaired) electrons. The summed E-state index contributed by atoms with van der Waals surface area (Å²) in [5.74, 6) is -2.71. The van der Waals surface area contributed by atoms with E-state index in [1.807, 2.05) is 0 Å². The molecule has 2 aliphatic rings. The number of ether oxygens (including phenoxy) is 1. The number of fused-ring (bicyclic) bond motifs is 1. The first-order valence-corrected chi connectivity index (χ1v) is 9.73. The second-order valence-corrected chi connectivity index (χ2v) is 7.57. The van der Waals surface area contributed by atoms with Crippen LogP contribution in [0.1, 0.15) is 13.3 Å². The number of β-lactam (4-membered cyclic amide) rings is 1. The van der Waals surface area contributed by atoms with Gasteiger partial charge < -0.3 is 15.2 Å². The van der Waals surface area contributed by atoms with Crippen molar-refractivity contribution in [3.05, 3.63) is 33.8 Å². The fourth-order valence-electron chi connectivity index (χ4n) is 3.01. The van der Waals surface area contributed by atoms with Gasteiger partial charge in [-0.25, -0.2) is 4.79 Å². The highest BCUT2D eigenvalue weighted by molar-refractivity contribution is 8.00. The number of hydrogen-bond donors (Lipinski definition) is 2. The molecule has 2 N–H and O–H groups in total. The van der Waals surface area contributed by atoms with Crippen molar-refractivity contribution in [1.29, 1.82) is 0 Å². The number of nitrogens with one attached hydrogen (secondary N) is 1. The van der Waals surface area contributed by atoms with Gasteiger partial charge in [0.05, 0.1) is 4.92 Å². The van der Waals surface area contributed by atoms with Crippen LogP contribution in [0, 0.1) is 10.1 Å². The number of carboxylic acids is 1. The van der Waals surface area contributed by atoms with Gasteiger partial charge >= 0.3 is 17.6 Å². The third kappa shape index (κ3) is 4.27. The first-order chi connectivity index (χ1) is 14.2. The minimum Gasteiger partial charge on any atom is -0.477 e. The number of rotatable bonds is 8. The van der Waals surface area contributed by atoms with Gasteiger partial charge in [-0.05, 0) is 0 Å². The number of carboxylic acid groups (broad SMARTS) is 1. The number of aromatic nitrogens is 2. The molecular weight excluding hydrogens is 422 g/mol. The van der Waals surface area contributed by atoms with Crippen molar-refractivity contribution < 1.29 is 33.9 Å². The molecule has 14 heteroatoms. The molecule has 0 aliphatic carbocycles. The number of aliphatic carboxylic acids is 1. The van der Waals surface area contributed by atoms with Crippen LogP contribution in [-0.2, 0) is 30.5 Å². The van der Waals surface area contributed by atoms with E-state index in [1.54, 1.807) is 0 Å². The molecule has 160 valence electrons. The lowest BCUT2D eigenvalue weighted by Gasteiger charge is -2.49. The van der Waals surface area contributed by atoms with Crippen LogP contribution in [0.4, 0.5) is 5.69 Å². The highest BCUT2D eigenvalue weighted by Gasteiger charge is 2.54. The molecule has 1 saturated heterocycles. The van der Waals surface area contributed by atoms with E-state index < -0.39 is 40.1 Å². The van der Waals surface area contributed by atoms with E-state index in [1.165, 1.54) is 29.6 Å². The Morgan fingerprint density at radius 2 is 2.20 bits per heavy atom. The van der Waals surface area contributed by atoms with E-state index in [2.05, 4.69) is 10.4 Å². The monoisotopic (exact) mass is 439 g/mol. The maximum absolute atomic E-state index is 12.5. The van der Waals surface area contributed by atoms with Crippen LogP contribution in [-0.4, -0.2) is 72.2 Å². The smallest absolute Gasteiger partial charge is 0.352 e. The second-order valence-electron chi connectivity index (χ2n) is 6.46. The Balaban J connectivity index is 1.60. The van der Waals surface area contributed by atoms with Crippen molar-refractivity contribution in [2.75, 3.05) is 12.4 Å². The van der Waals surface area contributed by atoms with Gasteiger partial charge in [0, 0.05) is 31.2 Å². The Kier molecular flexibility index (Phi) is 6.05. The lowest BCUT2D eigenvalue weighted by atomic mass is 10.0. The molecule has 3 heterocycles. The van der Waals surface area contributed by atoms with Crippen molar-refractivity contribution in [3.63, 3.8) is 0 Å². The number of amides is 2. The summed E-state index contributed by atoms with van der Waals surface area (Å²) in [5.41, 5.74) is -0.131. The minimum atomic E-state index is -1.32. The maximum Gasteiger partial charge on any atom is 0.352 e. The number of carbonyl (C=O) groups excluding carboxylic acids is 3. The molecule has 1 aromatic heterocycles. The number of aryl methyl sites for hydroxylation is 1. The molecule has 2 aliphatic heterocycles. The maximum atomic E-state index is 12.5. The quantitative estimate of drug-likeness (QED) is 0.232. The van der Waals surface area contributed by atoms with E-state index in [4.69, 9.17) is 4.74 Å². The molecule has 2 amide bonds. The summed E-state index contributed by atoms with van der Waals surface area (Å²) in [6.07, 6.45) is 2.19. The van der Waals surface area contributed by atoms with E-state index >= 15 is 0 Å². The zero-order valence-electron chi connectivity index (χ0n) is 15.6. The summed E-state index contributed by atoms with van der Waals surface area (Å²) in [6.45, 7) is 1.05. The Bertz CT molecular complexity index is 957. The highest BCUT2D eigenvalue weighted by Crippen LogP contribution is 2.40. The summed E-state index contributed by atoms with van der Waals surface area (Å²) in [7, 11) is 0. The molecule has 0 spiro atoms. The van der Waals surface area contributed by atoms with Crippen LogP contribution >= 0.6 is 11.8 Å². The molecule has 1 fully saturated rings. The number of nitro groups is 1. The lowest BCUT2D eigenvalue weighted by Crippen LogP contribution is -2.70. The number of esters is 1. The zero-order valence-corrected chi connectivity index (χ0v) is 16.5. The Hall–Kier alpha value is -3.42. The van der Waals surface area contributed by atoms with Crippen LogP contribution in [0.2, 0.25) is 0 Å². The Labute approximate surface area is 173 Å². The number of carbonyl (C=O) groups is 4. The predicted molar refractivity (Wildman–Crippen MR) is 99.8 cm³/mol. The SMILES string of the molecule is CC(=O)OCC1=C(C(=O)O)N2C(=O)C(NC(=O)CCn3cc([N+](=O)[O-])cn3)C2SC1. The number of thioether (sulfide) groups is 1. The third-order valence-corrected chi connectivity index (χ3v) is 5.75. The van der Waals surface area contributed by atoms with Crippen molar-refractivity contribution in [2.45, 2.75) is 31.3 Å². The zero-order chi connectivity index (χ0) is 22.0. The van der Waals surface area contributed by atoms with Gasteiger partial charge in [-0.3, -0.25) is 34.1 Å². The molecular formula is C16H17N5O8S. The molecule has 30 heavy (non-hydrogen) atoms. The Morgan fingerprint density at radius 1 is 1.47 bits per heavy atom. The van der Waals surface area contributed by atoms with Gasteiger partial charge in [0.15, 0.2) is 0 Å². The standard InChI is InChI=1S/C16H17N5O8S/c1-8(22)29-6-9-7-30-15-12(14(24)20(15)13(9)16(25)26)18-11(23)2-3-19-5-10(4-17-19)21(27)28/h4-5,12,15H,2-3,6-7H2,1H3,(H,18,23)(H,25,26). The largest absolute Gasteiger partial charge is 0.477 e. The lowest BCUT2D eigenvalue weighted by molar-refractivity contribution is -0.385. The molecule has 0 saturated carbocycles. The summed E-state index contributed by atoms with van der Waals surface area (Å²) in [5, 5.41) is 25.9. The van der Waals surface area contributed by atoms with Crippen molar-refractivity contribution in [2.24, 2.45) is 0 Å². The molecule has 0 bridgehead atoms. The van der Waals surface area contributed by atoms with Crippen LogP contribution in [0.5, 0.6) is 0 Å². The molecule has 2 unspecified atom stereocenters. The molecule has 3 rings (SSSR count). The molecule has 2 atom stereocenters. The van der Waals surface area contributed by atoms with Gasteiger partial charge in [-0.15, -0.1) is 11.8 Å². The van der Waals surface area contributed by atoms with Crippen LogP contribution in [0.25, 0.3) is 0 Å². The first-order valence-electron chi connectivity index (χ1n) is 8.68. The third-order valence-electron chi connectivity index (χ3n) is 4.41. The van der Waals surface area contributed by atoms with E-state index in [-0.39, 0.29) is 36.7 Å². The summed E-state index contributed by atoms with van der Waals surface area (Å²) >= 11 is 1.25. The second kappa shape index (κ2) is 8.52. The van der Waals surface area contributed by atoms with Crippen LogP contribution in [0.3, 0.4) is 0 Å². The van der Waals surface area contributed by atoms with Crippen molar-refractivity contribution >= 4 is 41.2 Å². The molecule has 13 nitrogen and oxygen atoms in total. The van der Waals surface area contributed by atoms with Gasteiger partial charge in [0.25, 0.3) is 5.91 Å². The van der Waals surface area contributed by atoms with Crippen molar-refractivity contribution in [3.8, 4) is 0 Å². The van der Waals surface area contributed by atoms with Crippen molar-refractivity contribution in [1.82, 2.24) is 20.0 Å². The Morgan fingerprint density at radius 3 is 2.80 bits per heavy atom. The summed E-state index contributed by atoms with van der Waals surface area (Å²) in [6, 6.07) is -0.890. The van der Waals surface area contributed by atoms with Crippen LogP contribution < -0.4 is 5.32 Å². The topological polar surface area (TPSA) is 174 Å². The predicted octanol–water partition coefficient (Wildman–Crippen LogP) is -0.517. The number of nitrogens with zero attached hydrogens (tertiary/aromatic N) is 4. The first kappa shape index (κ1) is 21.3. The van der Waals surface area contributed by atoms with E-state index in [0.29, 0.717) is 5.57 Å². The molecule has 0 aromatic carbocycles. The normalized spacial score (nSPS) is 20.3. The average Bonchev–Trinajstić information content (AvgIpc) is 3.17. The number of hydrogen-bond acceptors (Lipinski definition) is 9. The molecule has 1 aromatic rings. The van der Waals surface area contributed by atoms with Gasteiger partial charge in [0.1, 0.15) is 36.1 Å². The minimum absolute atomic E-state index is 0.0701. The van der Waals surface area contributed by atoms with E-state index in [9.17, 15) is 34.4 Å². The van der Waals surface area contributed by atoms with Crippen LogP contribution in [0.15, 0.2) is 23.7 Å². The van der Waals surface area contributed by atoms with Gasteiger partial charge in [-0.2, -0.15) is 5.10 Å². The average molecular weight is 439 g/mol. The fourth-order valence-corrected chi connectivity index (χ4v) is 4.34. The van der Waals surface area contributed by atoms with Gasteiger partial charge in [-0.1, -0.05) is 0 Å². The fraction of sp³-hybridized carbons (Fsp3) is 0.438. The van der Waals surface area contributed by atoms with E-state index in [0.717, 1.165) is 11.1 Å². The highest BCUT2D eigenvalue weighted by atomic mass is 32.2. The van der Waals surface area contributed by atoms with Gasteiger partial charge in [0.2, 0.25) is 5.91 Å². The summed E-state index contributed by atoms with van der Waals surface area (Å²) in [4.78, 5) is 58.4.